The fourth-order valence-corrected chi connectivity index (χ4v) is 2.96. The summed E-state index contributed by atoms with van der Waals surface area (Å²) in [5.41, 5.74) is 0. The first-order valence-corrected chi connectivity index (χ1v) is 6.95. The third-order valence-electron chi connectivity index (χ3n) is 2.21. The number of thiazole rings is 1. The first-order chi connectivity index (χ1) is 7.25. The van der Waals surface area contributed by atoms with Gasteiger partial charge in [-0.3, -0.25) is 4.99 Å². The van der Waals surface area contributed by atoms with Crippen LogP contribution >= 0.6 is 23.1 Å². The number of hydrogen-bond donors (Lipinski definition) is 1. The van der Waals surface area contributed by atoms with Gasteiger partial charge in [-0.2, -0.15) is 0 Å². The molecule has 2 unspecified atom stereocenters. The number of nitrogens with zero attached hydrogens (tertiary/aromatic N) is 2. The van der Waals surface area contributed by atoms with Crippen LogP contribution in [0.4, 0.5) is 0 Å². The van der Waals surface area contributed by atoms with Crippen molar-refractivity contribution in [2.24, 2.45) is 10.9 Å². The van der Waals surface area contributed by atoms with Crippen LogP contribution in [0.25, 0.3) is 0 Å². The Kier molecular flexibility index (Phi) is 3.64. The van der Waals surface area contributed by atoms with Gasteiger partial charge in [0.1, 0.15) is 5.01 Å². The molecule has 1 aliphatic heterocycles. The van der Waals surface area contributed by atoms with Gasteiger partial charge in [0.2, 0.25) is 0 Å². The zero-order valence-corrected chi connectivity index (χ0v) is 10.6. The average Bonchev–Trinajstić information content (AvgIpc) is 2.74. The molecule has 82 valence electrons. The highest BCUT2D eigenvalue weighted by Crippen LogP contribution is 2.20. The minimum Gasteiger partial charge on any atom is -0.356 e. The van der Waals surface area contributed by atoms with Gasteiger partial charge in [0, 0.05) is 23.9 Å². The average molecular weight is 241 g/mol. The van der Waals surface area contributed by atoms with Crippen molar-refractivity contribution in [3.8, 4) is 0 Å². The van der Waals surface area contributed by atoms with Crippen LogP contribution in [0.5, 0.6) is 0 Å². The largest absolute Gasteiger partial charge is 0.356 e. The lowest BCUT2D eigenvalue weighted by Gasteiger charge is -2.20. The molecule has 0 aliphatic carbocycles. The van der Waals surface area contributed by atoms with Crippen molar-refractivity contribution in [3.05, 3.63) is 16.6 Å². The van der Waals surface area contributed by atoms with E-state index in [0.717, 1.165) is 22.5 Å². The molecule has 0 amide bonds. The lowest BCUT2D eigenvalue weighted by Crippen LogP contribution is -2.28. The van der Waals surface area contributed by atoms with E-state index in [9.17, 15) is 0 Å². The molecule has 2 rings (SSSR count). The lowest BCUT2D eigenvalue weighted by molar-refractivity contribution is 0.657. The van der Waals surface area contributed by atoms with Crippen molar-refractivity contribution < 1.29 is 0 Å². The lowest BCUT2D eigenvalue weighted by atomic mass is 10.2. The highest BCUT2D eigenvalue weighted by molar-refractivity contribution is 8.13. The quantitative estimate of drug-likeness (QED) is 0.864. The van der Waals surface area contributed by atoms with Crippen molar-refractivity contribution in [1.29, 1.82) is 0 Å². The molecular formula is C10H15N3S2. The fraction of sp³-hybridized carbons (Fsp3) is 0.600. The van der Waals surface area contributed by atoms with Crippen LogP contribution in [0.2, 0.25) is 0 Å². The summed E-state index contributed by atoms with van der Waals surface area (Å²) in [5.74, 6) is 1.87. The van der Waals surface area contributed by atoms with E-state index in [0.29, 0.717) is 5.92 Å². The number of hydrogen-bond acceptors (Lipinski definition) is 5. The van der Waals surface area contributed by atoms with Crippen LogP contribution in [0.3, 0.4) is 0 Å². The van der Waals surface area contributed by atoms with E-state index >= 15 is 0 Å². The van der Waals surface area contributed by atoms with Gasteiger partial charge in [0.05, 0.1) is 6.04 Å². The molecule has 2 heterocycles. The topological polar surface area (TPSA) is 37.3 Å². The van der Waals surface area contributed by atoms with E-state index in [-0.39, 0.29) is 6.04 Å². The molecular weight excluding hydrogens is 226 g/mol. The SMILES string of the molecule is CC1CN=C(NC(C)c2nccs2)SC1. The molecule has 0 fully saturated rings. The number of thioether (sulfide) groups is 1. The fourth-order valence-electron chi connectivity index (χ4n) is 1.34. The van der Waals surface area contributed by atoms with Gasteiger partial charge in [-0.05, 0) is 12.8 Å². The van der Waals surface area contributed by atoms with Crippen LogP contribution in [-0.4, -0.2) is 22.4 Å². The monoisotopic (exact) mass is 241 g/mol. The van der Waals surface area contributed by atoms with Crippen molar-refractivity contribution in [3.63, 3.8) is 0 Å². The van der Waals surface area contributed by atoms with Gasteiger partial charge in [-0.1, -0.05) is 18.7 Å². The predicted octanol–water partition coefficient (Wildman–Crippen LogP) is 2.53. The van der Waals surface area contributed by atoms with Gasteiger partial charge in [-0.15, -0.1) is 11.3 Å². The van der Waals surface area contributed by atoms with Crippen LogP contribution in [0.1, 0.15) is 24.9 Å². The maximum atomic E-state index is 4.51. The smallest absolute Gasteiger partial charge is 0.157 e. The molecule has 1 aliphatic rings. The van der Waals surface area contributed by atoms with Crippen molar-refractivity contribution in [1.82, 2.24) is 10.3 Å². The highest BCUT2D eigenvalue weighted by Gasteiger charge is 2.15. The summed E-state index contributed by atoms with van der Waals surface area (Å²) in [7, 11) is 0. The van der Waals surface area contributed by atoms with E-state index in [1.54, 1.807) is 11.3 Å². The predicted molar refractivity (Wildman–Crippen MR) is 67.6 cm³/mol. The first kappa shape index (κ1) is 11.0. The molecule has 2 atom stereocenters. The van der Waals surface area contributed by atoms with Gasteiger partial charge in [0.25, 0.3) is 0 Å². The number of aromatic nitrogens is 1. The molecule has 1 aromatic rings. The maximum Gasteiger partial charge on any atom is 0.157 e. The molecule has 3 nitrogen and oxygen atoms in total. The number of rotatable bonds is 2. The van der Waals surface area contributed by atoms with Gasteiger partial charge >= 0.3 is 0 Å². The van der Waals surface area contributed by atoms with Crippen LogP contribution in [0, 0.1) is 5.92 Å². The molecule has 1 N–H and O–H groups in total. The van der Waals surface area contributed by atoms with E-state index in [1.807, 2.05) is 23.3 Å². The number of nitrogens with one attached hydrogen (secondary N) is 1. The third-order valence-corrected chi connectivity index (χ3v) is 4.43. The maximum absolute atomic E-state index is 4.51. The second kappa shape index (κ2) is 4.99. The standard InChI is InChI=1S/C10H15N3S2/c1-7-5-12-10(15-6-7)13-8(2)9-11-3-4-14-9/h3-4,7-8H,5-6H2,1-2H3,(H,12,13). The molecule has 0 spiro atoms. The second-order valence-electron chi connectivity index (χ2n) is 3.80. The Morgan fingerprint density at radius 1 is 1.60 bits per heavy atom. The Labute approximate surface area is 98.4 Å². The van der Waals surface area contributed by atoms with E-state index in [2.05, 4.69) is 29.1 Å². The molecule has 0 saturated heterocycles. The molecule has 0 bridgehead atoms. The second-order valence-corrected chi connectivity index (χ2v) is 5.73. The summed E-state index contributed by atoms with van der Waals surface area (Å²) >= 11 is 3.49. The van der Waals surface area contributed by atoms with E-state index in [4.69, 9.17) is 0 Å². The summed E-state index contributed by atoms with van der Waals surface area (Å²) in [4.78, 5) is 8.79. The number of amidine groups is 1. The van der Waals surface area contributed by atoms with E-state index < -0.39 is 0 Å². The molecule has 15 heavy (non-hydrogen) atoms. The Hall–Kier alpha value is -0.550. The highest BCUT2D eigenvalue weighted by atomic mass is 32.2. The molecule has 5 heteroatoms. The van der Waals surface area contributed by atoms with Crippen molar-refractivity contribution >= 4 is 28.3 Å². The zero-order chi connectivity index (χ0) is 10.7. The summed E-state index contributed by atoms with van der Waals surface area (Å²) < 4.78 is 0. The first-order valence-electron chi connectivity index (χ1n) is 5.09. The Morgan fingerprint density at radius 2 is 2.47 bits per heavy atom. The summed E-state index contributed by atoms with van der Waals surface area (Å²) in [6, 6.07) is 0.268. The zero-order valence-electron chi connectivity index (χ0n) is 8.93. The summed E-state index contributed by atoms with van der Waals surface area (Å²) in [5, 5.41) is 7.60. The minimum absolute atomic E-state index is 0.268. The normalized spacial score (nSPS) is 23.3. The van der Waals surface area contributed by atoms with Gasteiger partial charge < -0.3 is 5.32 Å². The molecule has 0 aromatic carbocycles. The Balaban J connectivity index is 1.92. The van der Waals surface area contributed by atoms with Gasteiger partial charge in [0.15, 0.2) is 5.17 Å². The number of aliphatic imine (C=N–C) groups is 1. The Morgan fingerprint density at radius 3 is 3.07 bits per heavy atom. The van der Waals surface area contributed by atoms with Crippen LogP contribution in [-0.2, 0) is 0 Å². The van der Waals surface area contributed by atoms with Crippen molar-refractivity contribution in [2.75, 3.05) is 12.3 Å². The third kappa shape index (κ3) is 2.95. The summed E-state index contributed by atoms with van der Waals surface area (Å²) in [6.45, 7) is 5.30. The molecule has 0 saturated carbocycles. The van der Waals surface area contributed by atoms with Crippen LogP contribution in [0.15, 0.2) is 16.6 Å². The van der Waals surface area contributed by atoms with E-state index in [1.165, 1.54) is 0 Å². The Bertz CT molecular complexity index is 334. The summed E-state index contributed by atoms with van der Waals surface area (Å²) in [6.07, 6.45) is 1.84. The molecule has 1 aromatic heterocycles. The minimum atomic E-state index is 0.268. The van der Waals surface area contributed by atoms with Gasteiger partial charge in [-0.25, -0.2) is 4.98 Å². The van der Waals surface area contributed by atoms with Crippen LogP contribution < -0.4 is 5.32 Å². The molecule has 0 radical (unpaired) electrons. The van der Waals surface area contributed by atoms with Crippen molar-refractivity contribution in [2.45, 2.75) is 19.9 Å².